The Kier molecular flexibility index (Phi) is 7.67. The molecule has 3 rings (SSSR count). The fraction of sp³-hybridized carbons (Fsp3) is 0.455. The first kappa shape index (κ1) is 20.1. The summed E-state index contributed by atoms with van der Waals surface area (Å²) >= 11 is 0. The van der Waals surface area contributed by atoms with E-state index in [9.17, 15) is 4.79 Å². The van der Waals surface area contributed by atoms with E-state index in [2.05, 4.69) is 10.3 Å². The lowest BCUT2D eigenvalue weighted by Crippen LogP contribution is -2.44. The van der Waals surface area contributed by atoms with Crippen molar-refractivity contribution in [1.82, 2.24) is 15.2 Å². The van der Waals surface area contributed by atoms with Crippen molar-refractivity contribution in [3.05, 3.63) is 59.9 Å². The summed E-state index contributed by atoms with van der Waals surface area (Å²) in [5, 5.41) is 3.05. The molecule has 0 aliphatic carbocycles. The van der Waals surface area contributed by atoms with Crippen LogP contribution >= 0.6 is 0 Å². The Morgan fingerprint density at radius 1 is 1.18 bits per heavy atom. The topological polar surface area (TPSA) is 63.7 Å². The quantitative estimate of drug-likeness (QED) is 0.759. The first-order valence-corrected chi connectivity index (χ1v) is 9.91. The molecule has 1 fully saturated rings. The minimum atomic E-state index is -0.0560. The number of urea groups is 1. The third-order valence-electron chi connectivity index (χ3n) is 4.99. The van der Waals surface area contributed by atoms with Crippen molar-refractivity contribution in [3.8, 4) is 5.75 Å². The molecule has 2 aromatic rings. The highest BCUT2D eigenvalue weighted by Crippen LogP contribution is 2.14. The Labute approximate surface area is 166 Å². The number of benzene rings is 1. The van der Waals surface area contributed by atoms with Gasteiger partial charge in [0.2, 0.25) is 0 Å². The van der Waals surface area contributed by atoms with Crippen LogP contribution in [0.15, 0.2) is 48.8 Å². The molecule has 150 valence electrons. The summed E-state index contributed by atoms with van der Waals surface area (Å²) in [5.74, 6) is 0.836. The number of hydrogen-bond donors (Lipinski definition) is 1. The first-order chi connectivity index (χ1) is 13.7. The van der Waals surface area contributed by atoms with E-state index in [-0.39, 0.29) is 12.1 Å². The zero-order chi connectivity index (χ0) is 19.6. The molecule has 28 heavy (non-hydrogen) atoms. The predicted octanol–water partition coefficient (Wildman–Crippen LogP) is 3.41. The minimum Gasteiger partial charge on any atom is -0.497 e. The number of aromatic nitrogens is 1. The third-order valence-corrected chi connectivity index (χ3v) is 4.99. The van der Waals surface area contributed by atoms with Gasteiger partial charge in [-0.05, 0) is 61.1 Å². The van der Waals surface area contributed by atoms with Crippen molar-refractivity contribution in [2.24, 2.45) is 0 Å². The molecule has 1 aromatic heterocycles. The van der Waals surface area contributed by atoms with Crippen molar-refractivity contribution in [1.29, 1.82) is 0 Å². The Hall–Kier alpha value is -2.60. The van der Waals surface area contributed by atoms with Gasteiger partial charge in [-0.2, -0.15) is 0 Å². The molecule has 2 heterocycles. The lowest BCUT2D eigenvalue weighted by Gasteiger charge is -2.27. The third kappa shape index (κ3) is 6.23. The second-order valence-corrected chi connectivity index (χ2v) is 7.05. The minimum absolute atomic E-state index is 0.0560. The van der Waals surface area contributed by atoms with E-state index < -0.39 is 0 Å². The van der Waals surface area contributed by atoms with Crippen molar-refractivity contribution in [2.75, 3.05) is 26.8 Å². The van der Waals surface area contributed by atoms with Crippen LogP contribution in [0.4, 0.5) is 4.79 Å². The Bertz CT molecular complexity index is 716. The SMILES string of the molecule is COc1ccc(CCN(Cc2ccncc2)C(=O)NCC2CCCCO2)cc1. The maximum Gasteiger partial charge on any atom is 0.317 e. The van der Waals surface area contributed by atoms with Crippen LogP contribution in [0.2, 0.25) is 0 Å². The normalized spacial score (nSPS) is 16.4. The number of carbonyl (C=O) groups is 1. The van der Waals surface area contributed by atoms with E-state index in [0.29, 0.717) is 19.6 Å². The molecule has 1 aliphatic rings. The van der Waals surface area contributed by atoms with E-state index in [0.717, 1.165) is 37.2 Å². The smallest absolute Gasteiger partial charge is 0.317 e. The van der Waals surface area contributed by atoms with E-state index in [4.69, 9.17) is 9.47 Å². The summed E-state index contributed by atoms with van der Waals surface area (Å²) in [4.78, 5) is 18.7. The summed E-state index contributed by atoms with van der Waals surface area (Å²) < 4.78 is 10.9. The van der Waals surface area contributed by atoms with E-state index in [1.807, 2.05) is 41.3 Å². The molecule has 1 unspecified atom stereocenters. The van der Waals surface area contributed by atoms with Crippen LogP contribution in [0.25, 0.3) is 0 Å². The Morgan fingerprint density at radius 3 is 2.64 bits per heavy atom. The van der Waals surface area contributed by atoms with Crippen molar-refractivity contribution in [2.45, 2.75) is 38.3 Å². The van der Waals surface area contributed by atoms with Gasteiger partial charge in [-0.25, -0.2) is 4.79 Å². The summed E-state index contributed by atoms with van der Waals surface area (Å²) in [6, 6.07) is 11.8. The van der Waals surface area contributed by atoms with Gasteiger partial charge in [0.05, 0.1) is 13.2 Å². The van der Waals surface area contributed by atoms with Crippen LogP contribution in [0.1, 0.15) is 30.4 Å². The van der Waals surface area contributed by atoms with Crippen LogP contribution in [0.5, 0.6) is 5.75 Å². The molecule has 1 aliphatic heterocycles. The van der Waals surface area contributed by atoms with Gasteiger partial charge in [0, 0.05) is 38.6 Å². The molecular weight excluding hydrogens is 354 g/mol. The lowest BCUT2D eigenvalue weighted by molar-refractivity contribution is 0.0177. The molecule has 1 N–H and O–H groups in total. The van der Waals surface area contributed by atoms with Crippen LogP contribution in [0, 0.1) is 0 Å². The van der Waals surface area contributed by atoms with Gasteiger partial charge in [-0.15, -0.1) is 0 Å². The molecule has 0 bridgehead atoms. The zero-order valence-electron chi connectivity index (χ0n) is 16.5. The molecular formula is C22H29N3O3. The number of methoxy groups -OCH3 is 1. The van der Waals surface area contributed by atoms with Crippen molar-refractivity contribution in [3.63, 3.8) is 0 Å². The van der Waals surface area contributed by atoms with Gasteiger partial charge in [-0.1, -0.05) is 12.1 Å². The van der Waals surface area contributed by atoms with Crippen molar-refractivity contribution < 1.29 is 14.3 Å². The van der Waals surface area contributed by atoms with E-state index in [1.54, 1.807) is 19.5 Å². The molecule has 6 heteroatoms. The van der Waals surface area contributed by atoms with Crippen LogP contribution in [-0.4, -0.2) is 48.8 Å². The summed E-state index contributed by atoms with van der Waals surface area (Å²) in [5.41, 5.74) is 2.23. The fourth-order valence-corrected chi connectivity index (χ4v) is 3.30. The van der Waals surface area contributed by atoms with Gasteiger partial charge < -0.3 is 19.7 Å². The second-order valence-electron chi connectivity index (χ2n) is 7.05. The van der Waals surface area contributed by atoms with Gasteiger partial charge in [0.25, 0.3) is 0 Å². The molecule has 0 saturated carbocycles. The van der Waals surface area contributed by atoms with Crippen molar-refractivity contribution >= 4 is 6.03 Å². The first-order valence-electron chi connectivity index (χ1n) is 9.91. The number of nitrogens with zero attached hydrogens (tertiary/aromatic N) is 2. The van der Waals surface area contributed by atoms with E-state index in [1.165, 1.54) is 12.0 Å². The molecule has 1 saturated heterocycles. The van der Waals surface area contributed by atoms with E-state index >= 15 is 0 Å². The number of ether oxygens (including phenoxy) is 2. The fourth-order valence-electron chi connectivity index (χ4n) is 3.30. The summed E-state index contributed by atoms with van der Waals surface area (Å²) in [7, 11) is 1.66. The second kappa shape index (κ2) is 10.7. The van der Waals surface area contributed by atoms with Gasteiger partial charge in [0.1, 0.15) is 5.75 Å². The molecule has 6 nitrogen and oxygen atoms in total. The molecule has 1 aromatic carbocycles. The molecule has 0 radical (unpaired) electrons. The predicted molar refractivity (Wildman–Crippen MR) is 108 cm³/mol. The van der Waals surface area contributed by atoms with Gasteiger partial charge in [-0.3, -0.25) is 4.98 Å². The maximum absolute atomic E-state index is 12.8. The number of amides is 2. The maximum atomic E-state index is 12.8. The van der Waals surface area contributed by atoms with Gasteiger partial charge in [0.15, 0.2) is 0 Å². The highest BCUT2D eigenvalue weighted by Gasteiger charge is 2.18. The monoisotopic (exact) mass is 383 g/mol. The molecule has 2 amide bonds. The molecule has 1 atom stereocenters. The van der Waals surface area contributed by atoms with Gasteiger partial charge >= 0.3 is 6.03 Å². The largest absolute Gasteiger partial charge is 0.497 e. The summed E-state index contributed by atoms with van der Waals surface area (Å²) in [6.07, 6.45) is 7.70. The van der Waals surface area contributed by atoms with Crippen LogP contribution < -0.4 is 10.1 Å². The highest BCUT2D eigenvalue weighted by atomic mass is 16.5. The number of pyridine rings is 1. The molecule has 0 spiro atoms. The average Bonchev–Trinajstić information content (AvgIpc) is 2.76. The average molecular weight is 383 g/mol. The number of carbonyl (C=O) groups excluding carboxylic acids is 1. The zero-order valence-corrected chi connectivity index (χ0v) is 16.5. The van der Waals surface area contributed by atoms with Crippen LogP contribution in [-0.2, 0) is 17.7 Å². The number of nitrogens with one attached hydrogen (secondary N) is 1. The Balaban J connectivity index is 1.58. The number of hydrogen-bond acceptors (Lipinski definition) is 4. The standard InChI is InChI=1S/C22H29N3O3/c1-27-20-7-5-18(6-8-20)11-14-25(17-19-9-12-23-13-10-19)22(26)24-16-21-4-2-3-15-28-21/h5-10,12-13,21H,2-4,11,14-17H2,1H3,(H,24,26). The summed E-state index contributed by atoms with van der Waals surface area (Å²) in [6.45, 7) is 2.54. The lowest BCUT2D eigenvalue weighted by atomic mass is 10.1. The van der Waals surface area contributed by atoms with Crippen LogP contribution in [0.3, 0.4) is 0 Å². The Morgan fingerprint density at radius 2 is 1.96 bits per heavy atom. The highest BCUT2D eigenvalue weighted by molar-refractivity contribution is 5.74. The number of rotatable bonds is 8.